The van der Waals surface area contributed by atoms with Gasteiger partial charge >= 0.3 is 6.18 Å². The first-order chi connectivity index (χ1) is 15.2. The topological polar surface area (TPSA) is 65.1 Å². The van der Waals surface area contributed by atoms with E-state index in [0.29, 0.717) is 31.0 Å². The molecule has 0 spiro atoms. The number of Topliss-reactive ketones (excluding diaryl/α,β-unsaturated/α-hetero) is 1. The van der Waals surface area contributed by atoms with Crippen LogP contribution in [0, 0.1) is 11.7 Å². The van der Waals surface area contributed by atoms with Gasteiger partial charge in [0.25, 0.3) is 5.91 Å². The number of benzene rings is 2. The van der Waals surface area contributed by atoms with Gasteiger partial charge < -0.3 is 19.1 Å². The molecule has 2 aliphatic rings. The van der Waals surface area contributed by atoms with Crippen molar-refractivity contribution in [3.05, 3.63) is 53.3 Å². The Labute approximate surface area is 180 Å². The predicted molar refractivity (Wildman–Crippen MR) is 103 cm³/mol. The largest absolute Gasteiger partial charge is 0.493 e. The molecule has 10 heteroatoms. The normalized spacial score (nSPS) is 16.1. The number of hydrogen-bond donors (Lipinski definition) is 0. The third-order valence-corrected chi connectivity index (χ3v) is 5.11. The van der Waals surface area contributed by atoms with Crippen LogP contribution in [0.3, 0.4) is 0 Å². The molecule has 2 heterocycles. The van der Waals surface area contributed by atoms with E-state index < -0.39 is 24.5 Å². The number of halogens is 4. The molecule has 0 radical (unpaired) electrons. The first-order valence-corrected chi connectivity index (χ1v) is 9.86. The summed E-state index contributed by atoms with van der Waals surface area (Å²) in [5.41, 5.74) is 0.393. The highest BCUT2D eigenvalue weighted by Gasteiger charge is 2.34. The lowest BCUT2D eigenvalue weighted by Crippen LogP contribution is -2.52. The first kappa shape index (κ1) is 21.9. The molecule has 0 bridgehead atoms. The summed E-state index contributed by atoms with van der Waals surface area (Å²) < 4.78 is 66.3. The summed E-state index contributed by atoms with van der Waals surface area (Å²) in [6.45, 7) is -0.430. The Kier molecular flexibility index (Phi) is 5.94. The number of carbonyl (C=O) groups excluding carboxylic acids is 2. The molecule has 0 unspecified atom stereocenters. The highest BCUT2D eigenvalue weighted by Crippen LogP contribution is 2.29. The minimum absolute atomic E-state index is 0.0331. The second-order valence-corrected chi connectivity index (χ2v) is 7.71. The van der Waals surface area contributed by atoms with Crippen molar-refractivity contribution in [3.63, 3.8) is 0 Å². The third kappa shape index (κ3) is 5.12. The molecule has 2 aliphatic heterocycles. The zero-order valence-corrected chi connectivity index (χ0v) is 16.8. The number of likely N-dealkylation sites (tertiary alicyclic amines) is 1. The van der Waals surface area contributed by atoms with Gasteiger partial charge in [0.2, 0.25) is 0 Å². The van der Waals surface area contributed by atoms with E-state index in [1.165, 1.54) is 35.2 Å². The van der Waals surface area contributed by atoms with Gasteiger partial charge in [0, 0.05) is 37.1 Å². The minimum Gasteiger partial charge on any atom is -0.493 e. The molecule has 0 aliphatic carbocycles. The molecule has 4 rings (SSSR count). The summed E-state index contributed by atoms with van der Waals surface area (Å²) in [6.07, 6.45) is -4.30. The van der Waals surface area contributed by atoms with Crippen molar-refractivity contribution in [2.45, 2.75) is 12.6 Å². The number of hydrogen-bond acceptors (Lipinski definition) is 5. The van der Waals surface area contributed by atoms with E-state index in [2.05, 4.69) is 4.74 Å². The zero-order chi connectivity index (χ0) is 22.9. The lowest BCUT2D eigenvalue weighted by molar-refractivity contribution is -0.153. The van der Waals surface area contributed by atoms with Gasteiger partial charge in [0.1, 0.15) is 29.7 Å². The van der Waals surface area contributed by atoms with Crippen LogP contribution in [0.4, 0.5) is 17.6 Å². The molecule has 0 aromatic heterocycles. The first-order valence-electron chi connectivity index (χ1n) is 9.86. The van der Waals surface area contributed by atoms with Crippen molar-refractivity contribution in [1.29, 1.82) is 0 Å². The fourth-order valence-electron chi connectivity index (χ4n) is 3.48. The lowest BCUT2D eigenvalue weighted by Gasteiger charge is -2.39. The molecule has 1 amide bonds. The summed E-state index contributed by atoms with van der Waals surface area (Å²) in [6, 6.07) is 8.27. The number of amides is 1. The number of alkyl halides is 3. The maximum Gasteiger partial charge on any atom is 0.422 e. The van der Waals surface area contributed by atoms with Crippen molar-refractivity contribution in [1.82, 2.24) is 4.90 Å². The second kappa shape index (κ2) is 8.68. The maximum atomic E-state index is 14.4. The van der Waals surface area contributed by atoms with Crippen molar-refractivity contribution < 1.29 is 41.4 Å². The van der Waals surface area contributed by atoms with Crippen LogP contribution in [0.1, 0.15) is 15.9 Å². The fraction of sp³-hybridized carbons (Fsp3) is 0.364. The number of ether oxygens (including phenoxy) is 3. The van der Waals surface area contributed by atoms with Crippen LogP contribution < -0.4 is 14.2 Å². The van der Waals surface area contributed by atoms with E-state index >= 15 is 0 Å². The van der Waals surface area contributed by atoms with Gasteiger partial charge in [-0.1, -0.05) is 0 Å². The molecule has 170 valence electrons. The quantitative estimate of drug-likeness (QED) is 0.628. The highest BCUT2D eigenvalue weighted by atomic mass is 19.4. The van der Waals surface area contributed by atoms with Gasteiger partial charge in [-0.2, -0.15) is 13.2 Å². The van der Waals surface area contributed by atoms with Crippen molar-refractivity contribution in [2.75, 3.05) is 32.9 Å². The van der Waals surface area contributed by atoms with E-state index in [-0.39, 0.29) is 41.8 Å². The average molecular weight is 453 g/mol. The Morgan fingerprint density at radius 2 is 1.75 bits per heavy atom. The summed E-state index contributed by atoms with van der Waals surface area (Å²) in [5, 5.41) is 0. The Morgan fingerprint density at radius 3 is 2.41 bits per heavy atom. The number of fused-ring (bicyclic) bond motifs is 1. The standard InChI is InChI=1S/C22H19F4NO5/c23-19-7-20-14(5-15(28)11-31-20)6-18(19)21(29)27-8-13(9-27)10-30-16-1-3-17(4-2-16)32-12-22(24,25)26/h1-4,6-7,13H,5,8-12H2. The average Bonchev–Trinajstić information content (AvgIpc) is 2.71. The number of ketones is 1. The Hall–Kier alpha value is -3.30. The van der Waals surface area contributed by atoms with Gasteiger partial charge in [0.15, 0.2) is 12.4 Å². The van der Waals surface area contributed by atoms with E-state index in [1.807, 2.05) is 0 Å². The predicted octanol–water partition coefficient (Wildman–Crippen LogP) is 3.42. The summed E-state index contributed by atoms with van der Waals surface area (Å²) in [7, 11) is 0. The smallest absolute Gasteiger partial charge is 0.422 e. The molecule has 2 aromatic rings. The molecular formula is C22H19F4NO5. The highest BCUT2D eigenvalue weighted by molar-refractivity contribution is 5.96. The molecule has 32 heavy (non-hydrogen) atoms. The van der Waals surface area contributed by atoms with Crippen molar-refractivity contribution >= 4 is 11.7 Å². The molecule has 0 atom stereocenters. The second-order valence-electron chi connectivity index (χ2n) is 7.71. The summed E-state index contributed by atoms with van der Waals surface area (Å²) in [4.78, 5) is 25.7. The number of rotatable bonds is 6. The molecule has 6 nitrogen and oxygen atoms in total. The zero-order valence-electron chi connectivity index (χ0n) is 16.8. The fourth-order valence-corrected chi connectivity index (χ4v) is 3.48. The van der Waals surface area contributed by atoms with Gasteiger partial charge in [-0.25, -0.2) is 4.39 Å². The van der Waals surface area contributed by atoms with Crippen LogP contribution in [0.25, 0.3) is 0 Å². The van der Waals surface area contributed by atoms with E-state index in [9.17, 15) is 27.2 Å². The van der Waals surface area contributed by atoms with Crippen LogP contribution in [0.2, 0.25) is 0 Å². The molecule has 1 fully saturated rings. The molecule has 0 N–H and O–H groups in total. The van der Waals surface area contributed by atoms with Gasteiger partial charge in [-0.15, -0.1) is 0 Å². The number of carbonyl (C=O) groups is 2. The Morgan fingerprint density at radius 1 is 1.09 bits per heavy atom. The number of nitrogens with zero attached hydrogens (tertiary/aromatic N) is 1. The van der Waals surface area contributed by atoms with Crippen LogP contribution in [-0.4, -0.2) is 55.7 Å². The molecule has 1 saturated heterocycles. The van der Waals surface area contributed by atoms with Gasteiger partial charge in [0.05, 0.1) is 12.2 Å². The lowest BCUT2D eigenvalue weighted by atomic mass is 9.97. The van der Waals surface area contributed by atoms with E-state index in [4.69, 9.17) is 9.47 Å². The van der Waals surface area contributed by atoms with Crippen LogP contribution in [0.5, 0.6) is 17.2 Å². The SMILES string of the molecule is O=C1COc2cc(F)c(C(=O)N3CC(COc4ccc(OCC(F)(F)F)cc4)C3)cc2C1. The maximum absolute atomic E-state index is 14.4. The van der Waals surface area contributed by atoms with E-state index in [0.717, 1.165) is 6.07 Å². The monoisotopic (exact) mass is 453 g/mol. The van der Waals surface area contributed by atoms with Crippen LogP contribution in [-0.2, 0) is 11.2 Å². The molecule has 0 saturated carbocycles. The van der Waals surface area contributed by atoms with Gasteiger partial charge in [-0.05, 0) is 30.3 Å². The molecule has 2 aromatic carbocycles. The van der Waals surface area contributed by atoms with Crippen LogP contribution in [0.15, 0.2) is 36.4 Å². The van der Waals surface area contributed by atoms with Crippen molar-refractivity contribution in [3.8, 4) is 17.2 Å². The Balaban J connectivity index is 1.26. The molecular weight excluding hydrogens is 434 g/mol. The minimum atomic E-state index is -4.41. The van der Waals surface area contributed by atoms with Gasteiger partial charge in [-0.3, -0.25) is 9.59 Å². The summed E-state index contributed by atoms with van der Waals surface area (Å²) in [5.74, 6) is -0.451. The summed E-state index contributed by atoms with van der Waals surface area (Å²) >= 11 is 0. The Bertz CT molecular complexity index is 1020. The third-order valence-electron chi connectivity index (χ3n) is 5.11. The van der Waals surface area contributed by atoms with Crippen molar-refractivity contribution in [2.24, 2.45) is 5.92 Å². The van der Waals surface area contributed by atoms with Crippen LogP contribution >= 0.6 is 0 Å². The van der Waals surface area contributed by atoms with E-state index in [1.54, 1.807) is 0 Å².